The minimum Gasteiger partial charge on any atom is -0.205 e. The lowest BCUT2D eigenvalue weighted by atomic mass is 9.87. The average molecular weight is 909 g/mol. The van der Waals surface area contributed by atoms with Gasteiger partial charge in [-0.15, -0.1) is 11.3 Å². The van der Waals surface area contributed by atoms with Gasteiger partial charge in [-0.3, -0.25) is 0 Å². The van der Waals surface area contributed by atoms with Crippen LogP contribution in [0.1, 0.15) is 110 Å². The van der Waals surface area contributed by atoms with E-state index in [1.165, 1.54) is 110 Å². The summed E-state index contributed by atoms with van der Waals surface area (Å²) >= 11 is 1.98. The number of para-hydroxylation sites is 2. The van der Waals surface area contributed by atoms with E-state index in [9.17, 15) is 5.26 Å². The van der Waals surface area contributed by atoms with Crippen LogP contribution in [0.4, 0.5) is 0 Å². The van der Waals surface area contributed by atoms with E-state index in [0.29, 0.717) is 5.92 Å². The lowest BCUT2D eigenvalue weighted by Gasteiger charge is -2.23. The second-order valence-electron chi connectivity index (χ2n) is 22.1. The molecule has 6 heteroatoms. The highest BCUT2D eigenvalue weighted by molar-refractivity contribution is 7.26. The summed E-state index contributed by atoms with van der Waals surface area (Å²) in [6, 6.07) is 46.6. The Bertz CT molecular complexity index is 3600. The maximum absolute atomic E-state index is 10.6. The summed E-state index contributed by atoms with van der Waals surface area (Å²) in [6.07, 6.45) is 3.67. The molecule has 4 nitrogen and oxygen atoms in total. The predicted octanol–water partition coefficient (Wildman–Crippen LogP) is 14.5. The van der Waals surface area contributed by atoms with Gasteiger partial charge in [0.25, 0.3) is 5.82 Å². The van der Waals surface area contributed by atoms with Gasteiger partial charge in [0.05, 0.1) is 35.5 Å². The van der Waals surface area contributed by atoms with Crippen LogP contribution in [0.5, 0.6) is 0 Å². The number of pyridine rings is 1. The van der Waals surface area contributed by atoms with Crippen molar-refractivity contribution in [2.75, 3.05) is 0 Å². The van der Waals surface area contributed by atoms with Gasteiger partial charge in [0, 0.05) is 43.4 Å². The maximum Gasteiger partial charge on any atom is 0.298 e. The fraction of sp³-hybridized carbons (Fsp3) is 0.295. The first-order chi connectivity index (χ1) is 32.1. The molecule has 0 radical (unpaired) electrons. The van der Waals surface area contributed by atoms with Crippen LogP contribution in [0.15, 0.2) is 121 Å². The van der Waals surface area contributed by atoms with Gasteiger partial charge in [-0.25, -0.2) is 4.57 Å². The van der Waals surface area contributed by atoms with Crippen molar-refractivity contribution in [3.8, 4) is 45.5 Å². The standard InChI is InChI=1S/C61H60N4SSi/c1-34(2)25-42-31-51-43-24-22-39(32-62)28-47(43)56-59(63(51)33-53(42)67(9,10)11)61(56)48-27-38(8)54-44-23-21-37(7)26-52(44)66-58(54)55(48)60-64(49-19-15-16-20-50(49)65(60)61)57-45(35(3)4)29-41(30-46(57)36(5)6)40-17-13-12-14-18-40/h12-24,26-31,33-36,56,59H,25H2,1-11H3/q+2. The van der Waals surface area contributed by atoms with Crippen molar-refractivity contribution in [2.24, 2.45) is 5.92 Å². The number of thiophene rings is 1. The third kappa shape index (κ3) is 5.87. The Morgan fingerprint density at radius 1 is 0.791 bits per heavy atom. The van der Waals surface area contributed by atoms with Crippen molar-refractivity contribution in [3.63, 3.8) is 0 Å². The Hall–Kier alpha value is -6.13. The normalized spacial score (nSPS) is 18.0. The van der Waals surface area contributed by atoms with E-state index in [2.05, 4.69) is 210 Å². The molecule has 2 aliphatic heterocycles. The van der Waals surface area contributed by atoms with Crippen molar-refractivity contribution < 1.29 is 9.13 Å². The van der Waals surface area contributed by atoms with Crippen LogP contribution in [0, 0.1) is 31.1 Å². The SMILES string of the molecule is Cc1ccc2c(c1)sc1c3c(cc(C)c12)C1(C2c4cc(C#N)ccc4-c4cc(CC(C)C)c([Si](C)(C)C)c[n+]4C21)[n+]1c-3n(-c2c(C(C)C)cc(-c3ccccc3)cc2C(C)C)c2ccccc21. The number of benzene rings is 6. The molecule has 1 spiro atoms. The summed E-state index contributed by atoms with van der Waals surface area (Å²) in [6.45, 7) is 26.3. The molecule has 9 aromatic rings. The number of nitrogens with zero attached hydrogens (tertiary/aromatic N) is 4. The molecule has 332 valence electrons. The summed E-state index contributed by atoms with van der Waals surface area (Å²) in [5, 5.41) is 14.8. The summed E-state index contributed by atoms with van der Waals surface area (Å²) in [4.78, 5) is 0. The number of hydrogen-bond donors (Lipinski definition) is 0. The lowest BCUT2D eigenvalue weighted by molar-refractivity contribution is -0.759. The average Bonchev–Trinajstić information content (AvgIpc) is 3.50. The first-order valence-electron chi connectivity index (χ1n) is 24.5. The van der Waals surface area contributed by atoms with Crippen LogP contribution >= 0.6 is 11.3 Å². The van der Waals surface area contributed by atoms with E-state index in [4.69, 9.17) is 0 Å². The fourth-order valence-corrected chi connectivity index (χ4v) is 15.8. The molecular formula is C61H60N4SSi+2. The number of imidazole rings is 1. The molecule has 3 atom stereocenters. The van der Waals surface area contributed by atoms with Gasteiger partial charge in [-0.1, -0.05) is 116 Å². The van der Waals surface area contributed by atoms with Crippen LogP contribution in [0.2, 0.25) is 19.6 Å². The lowest BCUT2D eigenvalue weighted by Crippen LogP contribution is -2.53. The van der Waals surface area contributed by atoms with Gasteiger partial charge >= 0.3 is 0 Å². The van der Waals surface area contributed by atoms with Gasteiger partial charge in [0.15, 0.2) is 17.2 Å². The summed E-state index contributed by atoms with van der Waals surface area (Å²) in [7, 11) is -1.81. The molecule has 1 aliphatic carbocycles. The summed E-state index contributed by atoms with van der Waals surface area (Å²) in [5.74, 6) is 2.45. The molecule has 5 heterocycles. The minimum atomic E-state index is -1.81. The second kappa shape index (κ2) is 14.7. The van der Waals surface area contributed by atoms with Crippen molar-refractivity contribution in [1.29, 1.82) is 5.26 Å². The zero-order valence-corrected chi connectivity index (χ0v) is 42.7. The highest BCUT2D eigenvalue weighted by Crippen LogP contribution is 2.72. The molecule has 3 aliphatic rings. The van der Waals surface area contributed by atoms with Crippen molar-refractivity contribution in [2.45, 2.75) is 111 Å². The van der Waals surface area contributed by atoms with Crippen LogP contribution in [0.3, 0.4) is 0 Å². The molecule has 1 saturated carbocycles. The number of fused-ring (bicyclic) bond motifs is 19. The zero-order valence-electron chi connectivity index (χ0n) is 40.8. The quantitative estimate of drug-likeness (QED) is 0.116. The van der Waals surface area contributed by atoms with Crippen LogP contribution in [-0.2, 0) is 12.0 Å². The van der Waals surface area contributed by atoms with Crippen molar-refractivity contribution in [1.82, 2.24) is 4.57 Å². The minimum absolute atomic E-state index is 0.0967. The predicted molar refractivity (Wildman–Crippen MR) is 282 cm³/mol. The molecule has 6 aromatic carbocycles. The van der Waals surface area contributed by atoms with Crippen LogP contribution in [-0.4, -0.2) is 12.6 Å². The third-order valence-corrected chi connectivity index (χ3v) is 18.8. The molecule has 12 rings (SSSR count). The van der Waals surface area contributed by atoms with E-state index >= 15 is 0 Å². The molecule has 3 unspecified atom stereocenters. The first kappa shape index (κ1) is 42.2. The monoisotopic (exact) mass is 908 g/mol. The topological polar surface area (TPSA) is 36.5 Å². The van der Waals surface area contributed by atoms with Crippen molar-refractivity contribution >= 4 is 55.8 Å². The van der Waals surface area contributed by atoms with E-state index in [1.54, 1.807) is 5.19 Å². The number of rotatable bonds is 7. The second-order valence-corrected chi connectivity index (χ2v) is 28.2. The zero-order chi connectivity index (χ0) is 46.6. The largest absolute Gasteiger partial charge is 0.298 e. The van der Waals surface area contributed by atoms with Gasteiger partial charge in [-0.2, -0.15) is 14.4 Å². The fourth-order valence-electron chi connectivity index (χ4n) is 12.7. The first-order valence-corrected chi connectivity index (χ1v) is 28.8. The third-order valence-electron chi connectivity index (χ3n) is 15.5. The van der Waals surface area contributed by atoms with Gasteiger partial charge < -0.3 is 0 Å². The number of aromatic nitrogens is 3. The van der Waals surface area contributed by atoms with E-state index < -0.39 is 13.6 Å². The molecule has 0 saturated heterocycles. The smallest absolute Gasteiger partial charge is 0.205 e. The van der Waals surface area contributed by atoms with Gasteiger partial charge in [-0.05, 0) is 126 Å². The summed E-state index contributed by atoms with van der Waals surface area (Å²) in [5.41, 5.74) is 20.0. The molecule has 0 N–H and O–H groups in total. The van der Waals surface area contributed by atoms with Crippen molar-refractivity contribution in [3.05, 3.63) is 166 Å². The number of hydrogen-bond acceptors (Lipinski definition) is 2. The Morgan fingerprint density at radius 2 is 1.51 bits per heavy atom. The number of aryl methyl sites for hydroxylation is 2. The van der Waals surface area contributed by atoms with E-state index in [-0.39, 0.29) is 23.8 Å². The molecule has 0 amide bonds. The Kier molecular flexibility index (Phi) is 9.26. The van der Waals surface area contributed by atoms with E-state index in [1.807, 2.05) is 17.4 Å². The van der Waals surface area contributed by atoms with Gasteiger partial charge in [0.1, 0.15) is 11.6 Å². The molecular weight excluding hydrogens is 849 g/mol. The Balaban J connectivity index is 1.27. The van der Waals surface area contributed by atoms with E-state index in [0.717, 1.165) is 12.0 Å². The Labute approximate surface area is 400 Å². The highest BCUT2D eigenvalue weighted by atomic mass is 32.1. The van der Waals surface area contributed by atoms with Gasteiger partial charge in [0.2, 0.25) is 17.3 Å². The van der Waals surface area contributed by atoms with Crippen LogP contribution < -0.4 is 14.3 Å². The molecule has 0 bridgehead atoms. The molecule has 67 heavy (non-hydrogen) atoms. The molecule has 1 fully saturated rings. The highest BCUT2D eigenvalue weighted by Gasteiger charge is 2.84. The summed E-state index contributed by atoms with van der Waals surface area (Å²) < 4.78 is 11.0. The molecule has 3 aromatic heterocycles. The Morgan fingerprint density at radius 3 is 2.19 bits per heavy atom. The maximum atomic E-state index is 10.6. The number of nitriles is 1. The van der Waals surface area contributed by atoms with Crippen LogP contribution in [0.25, 0.3) is 70.7 Å².